The average Bonchev–Trinajstić information content (AvgIpc) is 2.79. The number of hydrogen-bond acceptors (Lipinski definition) is 4. The van der Waals surface area contributed by atoms with Crippen molar-refractivity contribution in [2.45, 2.75) is 25.7 Å². The zero-order valence-electron chi connectivity index (χ0n) is 10.3. The van der Waals surface area contributed by atoms with Gasteiger partial charge < -0.3 is 10.1 Å². The number of nitrogens with zero attached hydrogens (tertiary/aromatic N) is 1. The van der Waals surface area contributed by atoms with Gasteiger partial charge in [-0.3, -0.25) is 5.10 Å². The normalized spacial score (nSPS) is 18.4. The van der Waals surface area contributed by atoms with E-state index < -0.39 is 0 Å². The van der Waals surface area contributed by atoms with Crippen LogP contribution in [0.3, 0.4) is 0 Å². The van der Waals surface area contributed by atoms with Crippen LogP contribution in [-0.2, 0) is 4.74 Å². The quantitative estimate of drug-likeness (QED) is 0.836. The van der Waals surface area contributed by atoms with Crippen molar-refractivity contribution in [3.8, 4) is 0 Å². The van der Waals surface area contributed by atoms with Gasteiger partial charge in [0.05, 0.1) is 12.8 Å². The third-order valence-corrected chi connectivity index (χ3v) is 2.88. The molecule has 18 heavy (non-hydrogen) atoms. The Kier molecular flexibility index (Phi) is 7.98. The van der Waals surface area contributed by atoms with Crippen molar-refractivity contribution in [3.63, 3.8) is 0 Å². The Morgan fingerprint density at radius 1 is 1.56 bits per heavy atom. The molecule has 0 spiro atoms. The molecule has 2 heterocycles. The van der Waals surface area contributed by atoms with Crippen LogP contribution in [0.4, 0.5) is 0 Å². The highest BCUT2D eigenvalue weighted by Crippen LogP contribution is 2.25. The first kappa shape index (κ1) is 17.2. The Labute approximate surface area is 119 Å². The molecule has 0 radical (unpaired) electrons. The summed E-state index contributed by atoms with van der Waals surface area (Å²) in [6, 6.07) is 0. The number of hydrogen-bond donors (Lipinski definition) is 2. The van der Waals surface area contributed by atoms with Gasteiger partial charge in [0.1, 0.15) is 5.69 Å². The van der Waals surface area contributed by atoms with E-state index in [0.29, 0.717) is 18.2 Å². The van der Waals surface area contributed by atoms with Gasteiger partial charge in [-0.05, 0) is 26.3 Å². The van der Waals surface area contributed by atoms with Crippen molar-refractivity contribution < 1.29 is 9.53 Å². The molecule has 2 N–H and O–H groups in total. The Morgan fingerprint density at radius 3 is 2.94 bits per heavy atom. The van der Waals surface area contributed by atoms with Crippen molar-refractivity contribution in [2.24, 2.45) is 0 Å². The number of esters is 1. The Hall–Kier alpha value is -0.780. The minimum atomic E-state index is -0.305. The summed E-state index contributed by atoms with van der Waals surface area (Å²) in [4.78, 5) is 11.7. The Balaban J connectivity index is 0.00000144. The number of piperidine rings is 1. The molecule has 1 aromatic rings. The first-order chi connectivity index (χ1) is 7.83. The van der Waals surface area contributed by atoms with Crippen LogP contribution in [0.1, 0.15) is 41.7 Å². The molecule has 104 valence electrons. The number of nitrogens with one attached hydrogen (secondary N) is 2. The summed E-state index contributed by atoms with van der Waals surface area (Å²) in [6.45, 7) is 4.16. The summed E-state index contributed by atoms with van der Waals surface area (Å²) >= 11 is 0. The third kappa shape index (κ3) is 3.86. The van der Waals surface area contributed by atoms with Crippen molar-refractivity contribution in [1.29, 1.82) is 0 Å². The molecule has 7 heteroatoms. The van der Waals surface area contributed by atoms with Gasteiger partial charge in [-0.15, -0.1) is 24.8 Å². The van der Waals surface area contributed by atoms with Crippen LogP contribution in [0.25, 0.3) is 0 Å². The molecule has 1 aliphatic heterocycles. The lowest BCUT2D eigenvalue weighted by molar-refractivity contribution is 0.0517. The van der Waals surface area contributed by atoms with Crippen LogP contribution < -0.4 is 5.32 Å². The second-order valence-corrected chi connectivity index (χ2v) is 3.96. The lowest BCUT2D eigenvalue weighted by atomic mass is 9.92. The van der Waals surface area contributed by atoms with Crippen LogP contribution in [0.15, 0.2) is 6.20 Å². The molecule has 1 unspecified atom stereocenters. The predicted octanol–water partition coefficient (Wildman–Crippen LogP) is 1.90. The van der Waals surface area contributed by atoms with Crippen molar-refractivity contribution in [1.82, 2.24) is 15.5 Å². The predicted molar refractivity (Wildman–Crippen MR) is 73.9 cm³/mol. The fourth-order valence-corrected chi connectivity index (χ4v) is 2.09. The summed E-state index contributed by atoms with van der Waals surface area (Å²) in [6.07, 6.45) is 3.97. The first-order valence-corrected chi connectivity index (χ1v) is 5.74. The second kappa shape index (κ2) is 8.34. The molecule has 1 saturated heterocycles. The van der Waals surface area contributed by atoms with E-state index in [1.165, 1.54) is 0 Å². The number of aromatic amines is 1. The SMILES string of the molecule is CCOC(=O)c1[nH]ncc1C1CCCNC1.Cl.Cl. The van der Waals surface area contributed by atoms with E-state index >= 15 is 0 Å². The van der Waals surface area contributed by atoms with E-state index in [4.69, 9.17) is 4.74 Å². The Morgan fingerprint density at radius 2 is 2.33 bits per heavy atom. The lowest BCUT2D eigenvalue weighted by Crippen LogP contribution is -2.29. The number of H-pyrrole nitrogens is 1. The molecular weight excluding hydrogens is 277 g/mol. The fourth-order valence-electron chi connectivity index (χ4n) is 2.09. The smallest absolute Gasteiger partial charge is 0.356 e. The van der Waals surface area contributed by atoms with E-state index in [2.05, 4.69) is 15.5 Å². The monoisotopic (exact) mass is 295 g/mol. The minimum absolute atomic E-state index is 0. The number of carbonyl (C=O) groups excluding carboxylic acids is 1. The van der Waals surface area contributed by atoms with Crippen LogP contribution in [0.5, 0.6) is 0 Å². The van der Waals surface area contributed by atoms with Crippen molar-refractivity contribution >= 4 is 30.8 Å². The molecule has 0 saturated carbocycles. The van der Waals surface area contributed by atoms with Crippen molar-refractivity contribution in [2.75, 3.05) is 19.7 Å². The highest BCUT2D eigenvalue weighted by molar-refractivity contribution is 5.89. The molecule has 0 bridgehead atoms. The zero-order chi connectivity index (χ0) is 11.4. The molecule has 0 aromatic carbocycles. The van der Waals surface area contributed by atoms with Crippen LogP contribution in [0, 0.1) is 0 Å². The fraction of sp³-hybridized carbons (Fsp3) is 0.636. The van der Waals surface area contributed by atoms with Crippen LogP contribution in [0.2, 0.25) is 0 Å². The number of carbonyl (C=O) groups is 1. The Bertz CT molecular complexity index is 365. The number of halogens is 2. The standard InChI is InChI=1S/C11H17N3O2.2ClH/c1-2-16-11(15)10-9(7-13-14-10)8-4-3-5-12-6-8;;/h7-8,12H,2-6H2,1H3,(H,13,14);2*1H. The summed E-state index contributed by atoms with van der Waals surface area (Å²) in [5.74, 6) is 0.0625. The summed E-state index contributed by atoms with van der Waals surface area (Å²) in [7, 11) is 0. The lowest BCUT2D eigenvalue weighted by Gasteiger charge is -2.22. The maximum Gasteiger partial charge on any atom is 0.356 e. The van der Waals surface area contributed by atoms with Crippen molar-refractivity contribution in [3.05, 3.63) is 17.5 Å². The molecule has 2 rings (SSSR count). The second-order valence-electron chi connectivity index (χ2n) is 3.96. The molecule has 1 fully saturated rings. The largest absolute Gasteiger partial charge is 0.461 e. The molecule has 1 aromatic heterocycles. The van der Waals surface area contributed by atoms with Gasteiger partial charge in [0, 0.05) is 18.0 Å². The third-order valence-electron chi connectivity index (χ3n) is 2.88. The van der Waals surface area contributed by atoms with E-state index in [0.717, 1.165) is 31.5 Å². The number of ether oxygens (including phenoxy) is 1. The zero-order valence-corrected chi connectivity index (χ0v) is 11.9. The summed E-state index contributed by atoms with van der Waals surface area (Å²) in [5.41, 5.74) is 1.49. The molecular formula is C11H19Cl2N3O2. The highest BCUT2D eigenvalue weighted by Gasteiger charge is 2.23. The maximum absolute atomic E-state index is 11.7. The van der Waals surface area contributed by atoms with Crippen LogP contribution in [-0.4, -0.2) is 35.9 Å². The van der Waals surface area contributed by atoms with Gasteiger partial charge in [0.15, 0.2) is 0 Å². The minimum Gasteiger partial charge on any atom is -0.461 e. The van der Waals surface area contributed by atoms with E-state index in [1.807, 2.05) is 0 Å². The molecule has 0 amide bonds. The van der Waals surface area contributed by atoms with Crippen LogP contribution >= 0.6 is 24.8 Å². The van der Waals surface area contributed by atoms with Gasteiger partial charge in [-0.2, -0.15) is 5.10 Å². The highest BCUT2D eigenvalue weighted by atomic mass is 35.5. The topological polar surface area (TPSA) is 67.0 Å². The molecule has 1 atom stereocenters. The molecule has 5 nitrogen and oxygen atoms in total. The van der Waals surface area contributed by atoms with E-state index in [9.17, 15) is 4.79 Å². The van der Waals surface area contributed by atoms with Gasteiger partial charge in [-0.1, -0.05) is 0 Å². The van der Waals surface area contributed by atoms with Gasteiger partial charge in [-0.25, -0.2) is 4.79 Å². The van der Waals surface area contributed by atoms with Gasteiger partial charge in [0.2, 0.25) is 0 Å². The molecule has 1 aliphatic rings. The summed E-state index contributed by atoms with van der Waals surface area (Å²) < 4.78 is 4.99. The summed E-state index contributed by atoms with van der Waals surface area (Å²) in [5, 5.41) is 10.0. The van der Waals surface area contributed by atoms with E-state index in [-0.39, 0.29) is 30.8 Å². The van der Waals surface area contributed by atoms with E-state index in [1.54, 1.807) is 13.1 Å². The number of aromatic nitrogens is 2. The first-order valence-electron chi connectivity index (χ1n) is 5.74. The average molecular weight is 296 g/mol. The maximum atomic E-state index is 11.7. The van der Waals surface area contributed by atoms with Gasteiger partial charge >= 0.3 is 5.97 Å². The number of rotatable bonds is 3. The molecule has 0 aliphatic carbocycles. The van der Waals surface area contributed by atoms with Gasteiger partial charge in [0.25, 0.3) is 0 Å².